The number of nitrogens with zero attached hydrogens (tertiary/aromatic N) is 1. The average molecular weight is 310 g/mol. The molecular weight excluding hydrogens is 288 g/mol. The van der Waals surface area contributed by atoms with Gasteiger partial charge in [0.15, 0.2) is 0 Å². The highest BCUT2D eigenvalue weighted by molar-refractivity contribution is 5.93. The Kier molecular flexibility index (Phi) is 6.48. The number of nitrogens with two attached hydrogens (primary N) is 1. The second kappa shape index (κ2) is 7.88. The highest BCUT2D eigenvalue weighted by atomic mass is 16.7. The molecule has 0 aliphatic heterocycles. The Balaban J connectivity index is 3.25. The Morgan fingerprint density at radius 2 is 1.73 bits per heavy atom. The molecule has 0 saturated carbocycles. The molecule has 1 aromatic carbocycles. The van der Waals surface area contributed by atoms with Gasteiger partial charge in [0, 0.05) is 13.2 Å². The van der Waals surface area contributed by atoms with Crippen molar-refractivity contribution >= 4 is 11.9 Å². The van der Waals surface area contributed by atoms with Crippen LogP contribution in [0, 0.1) is 0 Å². The molecule has 0 radical (unpaired) electrons. The molecule has 7 heteroatoms. The van der Waals surface area contributed by atoms with Gasteiger partial charge in [-0.1, -0.05) is 30.3 Å². The molecule has 0 saturated heterocycles. The first-order chi connectivity index (χ1) is 10.4. The van der Waals surface area contributed by atoms with Gasteiger partial charge in [-0.2, -0.15) is 0 Å². The van der Waals surface area contributed by atoms with Crippen LogP contribution in [0.15, 0.2) is 30.3 Å². The van der Waals surface area contributed by atoms with Crippen molar-refractivity contribution in [1.82, 2.24) is 5.01 Å². The number of hydrogen-bond donors (Lipinski definition) is 2. The Hall–Kier alpha value is -1.96. The van der Waals surface area contributed by atoms with E-state index in [0.29, 0.717) is 10.6 Å². The molecule has 0 aromatic heterocycles. The molecule has 0 spiro atoms. The third kappa shape index (κ3) is 4.03. The monoisotopic (exact) mass is 310 g/mol. The molecule has 1 atom stereocenters. The lowest BCUT2D eigenvalue weighted by molar-refractivity contribution is -0.220. The predicted octanol–water partition coefficient (Wildman–Crippen LogP) is 1.94. The van der Waals surface area contributed by atoms with Crippen LogP contribution in [0.5, 0.6) is 0 Å². The van der Waals surface area contributed by atoms with Crippen molar-refractivity contribution in [1.29, 1.82) is 0 Å². The van der Waals surface area contributed by atoms with Crippen LogP contribution in [-0.2, 0) is 14.3 Å². The molecular formula is C15H22N2O5. The van der Waals surface area contributed by atoms with Gasteiger partial charge < -0.3 is 14.6 Å². The van der Waals surface area contributed by atoms with E-state index in [-0.39, 0.29) is 13.2 Å². The van der Waals surface area contributed by atoms with Gasteiger partial charge in [0.25, 0.3) is 0 Å². The minimum Gasteiger partial charge on any atom is -0.464 e. The summed E-state index contributed by atoms with van der Waals surface area (Å²) in [4.78, 5) is 24.1. The zero-order valence-corrected chi connectivity index (χ0v) is 13.0. The first kappa shape index (κ1) is 18.1. The number of carbonyl (C=O) groups is 2. The van der Waals surface area contributed by atoms with E-state index in [9.17, 15) is 9.59 Å². The van der Waals surface area contributed by atoms with Gasteiger partial charge in [0.05, 0.1) is 0 Å². The quantitative estimate of drug-likeness (QED) is 0.329. The van der Waals surface area contributed by atoms with Crippen molar-refractivity contribution in [2.75, 3.05) is 13.2 Å². The highest BCUT2D eigenvalue weighted by Crippen LogP contribution is 2.28. The lowest BCUT2D eigenvalue weighted by atomic mass is 9.97. The molecule has 122 valence electrons. The molecule has 3 N–H and O–H groups in total. The zero-order chi connectivity index (χ0) is 16.8. The van der Waals surface area contributed by atoms with E-state index in [4.69, 9.17) is 20.4 Å². The number of amides is 1. The van der Waals surface area contributed by atoms with Crippen LogP contribution in [0.1, 0.15) is 32.4 Å². The topological polar surface area (TPSA) is 102 Å². The maximum absolute atomic E-state index is 12.9. The van der Waals surface area contributed by atoms with Gasteiger partial charge in [-0.15, -0.1) is 0 Å². The highest BCUT2D eigenvalue weighted by Gasteiger charge is 2.43. The van der Waals surface area contributed by atoms with Gasteiger partial charge in [-0.25, -0.2) is 15.6 Å². The summed E-state index contributed by atoms with van der Waals surface area (Å²) in [6.07, 6.45) is -1.42. The van der Waals surface area contributed by atoms with Crippen LogP contribution in [0.2, 0.25) is 0 Å². The second-order valence-corrected chi connectivity index (χ2v) is 4.68. The van der Waals surface area contributed by atoms with Gasteiger partial charge in [0.1, 0.15) is 6.04 Å². The number of carboxylic acid groups (broad SMARTS) is 1. The number of ether oxygens (including phenoxy) is 2. The zero-order valence-electron chi connectivity index (χ0n) is 13.0. The second-order valence-electron chi connectivity index (χ2n) is 4.68. The number of rotatable bonds is 8. The molecule has 1 amide bonds. The van der Waals surface area contributed by atoms with Crippen LogP contribution in [-0.4, -0.2) is 41.0 Å². The third-order valence-corrected chi connectivity index (χ3v) is 3.15. The van der Waals surface area contributed by atoms with Gasteiger partial charge in [0.2, 0.25) is 11.6 Å². The molecule has 7 nitrogen and oxygen atoms in total. The van der Waals surface area contributed by atoms with E-state index in [0.717, 1.165) is 0 Å². The van der Waals surface area contributed by atoms with Crippen molar-refractivity contribution in [3.8, 4) is 0 Å². The molecule has 1 rings (SSSR count). The van der Waals surface area contributed by atoms with E-state index in [1.54, 1.807) is 44.2 Å². The summed E-state index contributed by atoms with van der Waals surface area (Å²) >= 11 is 0. The number of ketones is 1. The molecule has 0 heterocycles. The fourth-order valence-electron chi connectivity index (χ4n) is 2.17. The molecule has 1 aromatic rings. The van der Waals surface area contributed by atoms with Crippen molar-refractivity contribution in [2.24, 2.45) is 5.84 Å². The SMILES string of the molecule is CCOC(C)(OCC)C(=O)C(c1ccccc1)N(N)C(=O)O. The summed E-state index contributed by atoms with van der Waals surface area (Å²) in [6, 6.07) is 7.19. The van der Waals surface area contributed by atoms with Gasteiger partial charge in [-0.05, 0) is 26.3 Å². The van der Waals surface area contributed by atoms with Crippen LogP contribution in [0.3, 0.4) is 0 Å². The Bertz CT molecular complexity index is 500. The molecule has 0 aliphatic carbocycles. The summed E-state index contributed by atoms with van der Waals surface area (Å²) < 4.78 is 10.8. The van der Waals surface area contributed by atoms with Crippen LogP contribution >= 0.6 is 0 Å². The van der Waals surface area contributed by atoms with E-state index in [1.165, 1.54) is 6.92 Å². The predicted molar refractivity (Wildman–Crippen MR) is 79.9 cm³/mol. The molecule has 0 bridgehead atoms. The maximum atomic E-state index is 12.9. The lowest BCUT2D eigenvalue weighted by Crippen LogP contribution is -2.52. The van der Waals surface area contributed by atoms with E-state index < -0.39 is 23.7 Å². The van der Waals surface area contributed by atoms with Crippen LogP contribution in [0.4, 0.5) is 4.79 Å². The summed E-state index contributed by atoms with van der Waals surface area (Å²) in [5, 5.41) is 9.62. The first-order valence-electron chi connectivity index (χ1n) is 7.01. The summed E-state index contributed by atoms with van der Waals surface area (Å²) in [5.74, 6) is 3.44. The fourth-order valence-corrected chi connectivity index (χ4v) is 2.17. The number of Topliss-reactive ketones (excluding diaryl/α,β-unsaturated/α-hetero) is 1. The van der Waals surface area contributed by atoms with Crippen molar-refractivity contribution in [2.45, 2.75) is 32.6 Å². The average Bonchev–Trinajstić information content (AvgIpc) is 2.48. The van der Waals surface area contributed by atoms with Crippen LogP contribution in [0.25, 0.3) is 0 Å². The molecule has 0 fully saturated rings. The standard InChI is InChI=1S/C15H22N2O5/c1-4-21-15(3,22-5-2)13(18)12(17(16)14(19)20)11-9-7-6-8-10-11/h6-10,12H,4-5,16H2,1-3H3,(H,19,20). The van der Waals surface area contributed by atoms with Crippen molar-refractivity contribution in [3.63, 3.8) is 0 Å². The van der Waals surface area contributed by atoms with Crippen LogP contribution < -0.4 is 5.84 Å². The minimum absolute atomic E-state index is 0.237. The van der Waals surface area contributed by atoms with Gasteiger partial charge in [-0.3, -0.25) is 4.79 Å². The molecule has 22 heavy (non-hydrogen) atoms. The smallest absolute Gasteiger partial charge is 0.422 e. The summed E-state index contributed by atoms with van der Waals surface area (Å²) in [6.45, 7) is 5.38. The minimum atomic E-state index is -1.57. The van der Waals surface area contributed by atoms with Gasteiger partial charge >= 0.3 is 6.09 Å². The van der Waals surface area contributed by atoms with E-state index in [1.807, 2.05) is 0 Å². The maximum Gasteiger partial charge on any atom is 0.422 e. The lowest BCUT2D eigenvalue weighted by Gasteiger charge is -2.33. The number of benzene rings is 1. The number of carbonyl (C=O) groups excluding carboxylic acids is 1. The molecule has 1 unspecified atom stereocenters. The third-order valence-electron chi connectivity index (χ3n) is 3.15. The van der Waals surface area contributed by atoms with Crippen molar-refractivity contribution in [3.05, 3.63) is 35.9 Å². The Morgan fingerprint density at radius 1 is 1.23 bits per heavy atom. The first-order valence-corrected chi connectivity index (χ1v) is 7.01. The Labute approximate surface area is 129 Å². The Morgan fingerprint density at radius 3 is 2.14 bits per heavy atom. The summed E-state index contributed by atoms with van der Waals surface area (Å²) in [5.41, 5.74) is 0.447. The normalized spacial score (nSPS) is 12.7. The summed E-state index contributed by atoms with van der Waals surface area (Å²) in [7, 11) is 0. The largest absolute Gasteiger partial charge is 0.464 e. The fraction of sp³-hybridized carbons (Fsp3) is 0.467. The number of hydrazine groups is 1. The number of hydrogen-bond acceptors (Lipinski definition) is 5. The van der Waals surface area contributed by atoms with Crippen molar-refractivity contribution < 1.29 is 24.2 Å². The van der Waals surface area contributed by atoms with E-state index >= 15 is 0 Å². The molecule has 0 aliphatic rings. The van der Waals surface area contributed by atoms with E-state index in [2.05, 4.69) is 0 Å².